The van der Waals surface area contributed by atoms with Gasteiger partial charge in [0.2, 0.25) is 0 Å². The lowest BCUT2D eigenvalue weighted by atomic mass is 10.1. The van der Waals surface area contributed by atoms with Crippen molar-refractivity contribution in [2.45, 2.75) is 0 Å². The largest absolute Gasteiger partial charge is 0.319 e. The van der Waals surface area contributed by atoms with Crippen LogP contribution in [-0.2, 0) is 0 Å². The lowest BCUT2D eigenvalue weighted by Gasteiger charge is -2.08. The lowest BCUT2D eigenvalue weighted by molar-refractivity contribution is -0.384. The summed E-state index contributed by atoms with van der Waals surface area (Å²) in [6, 6.07) is 7.42. The van der Waals surface area contributed by atoms with Crippen LogP contribution in [0, 0.1) is 15.9 Å². The minimum atomic E-state index is -0.773. The maximum absolute atomic E-state index is 13.5. The predicted octanol–water partition coefficient (Wildman–Crippen LogP) is 4.29. The molecule has 1 amide bonds. The number of nitrogens with one attached hydrogen (secondary N) is 1. The number of halogens is 3. The summed E-state index contributed by atoms with van der Waals surface area (Å²) in [6.45, 7) is 0. The second kappa shape index (κ2) is 6.07. The van der Waals surface area contributed by atoms with Gasteiger partial charge in [-0.1, -0.05) is 29.3 Å². The number of carbonyl (C=O) groups is 1. The predicted molar refractivity (Wildman–Crippen MR) is 77.5 cm³/mol. The number of rotatable bonds is 3. The highest BCUT2D eigenvalue weighted by molar-refractivity contribution is 6.36. The van der Waals surface area contributed by atoms with Gasteiger partial charge < -0.3 is 5.32 Å². The first kappa shape index (κ1) is 15.2. The SMILES string of the molecule is O=C(Nc1cc(Cl)ccc1F)c1cccc([N+](=O)[O-])c1Cl. The fourth-order valence-corrected chi connectivity index (χ4v) is 2.07. The smallest absolute Gasteiger partial charge is 0.288 e. The van der Waals surface area contributed by atoms with Gasteiger partial charge in [-0.05, 0) is 24.3 Å². The Hall–Kier alpha value is -2.18. The second-order valence-electron chi connectivity index (χ2n) is 3.97. The number of amides is 1. The van der Waals surface area contributed by atoms with E-state index in [9.17, 15) is 19.3 Å². The molecule has 0 radical (unpaired) electrons. The van der Waals surface area contributed by atoms with E-state index < -0.39 is 22.3 Å². The Kier molecular flexibility index (Phi) is 4.40. The topological polar surface area (TPSA) is 72.2 Å². The summed E-state index contributed by atoms with van der Waals surface area (Å²) in [5.74, 6) is -1.46. The van der Waals surface area contributed by atoms with E-state index in [1.165, 1.54) is 30.3 Å². The van der Waals surface area contributed by atoms with Crippen molar-refractivity contribution in [3.8, 4) is 0 Å². The third-order valence-corrected chi connectivity index (χ3v) is 3.23. The summed E-state index contributed by atoms with van der Waals surface area (Å²) in [5, 5.41) is 13.0. The van der Waals surface area contributed by atoms with Crippen molar-refractivity contribution in [2.75, 3.05) is 5.32 Å². The van der Waals surface area contributed by atoms with Gasteiger partial charge >= 0.3 is 0 Å². The molecule has 0 fully saturated rings. The molecule has 0 aliphatic carbocycles. The van der Waals surface area contributed by atoms with Crippen LogP contribution in [0.25, 0.3) is 0 Å². The quantitative estimate of drug-likeness (QED) is 0.674. The van der Waals surface area contributed by atoms with Gasteiger partial charge in [0.15, 0.2) is 0 Å². The first-order valence-corrected chi connectivity index (χ1v) is 6.35. The Morgan fingerprint density at radius 2 is 1.95 bits per heavy atom. The number of nitrogens with zero attached hydrogens (tertiary/aromatic N) is 1. The fourth-order valence-electron chi connectivity index (χ4n) is 1.62. The zero-order chi connectivity index (χ0) is 15.6. The molecule has 108 valence electrons. The molecule has 0 saturated heterocycles. The van der Waals surface area contributed by atoms with Crippen molar-refractivity contribution in [2.24, 2.45) is 0 Å². The fraction of sp³-hybridized carbons (Fsp3) is 0. The van der Waals surface area contributed by atoms with E-state index >= 15 is 0 Å². The highest BCUT2D eigenvalue weighted by atomic mass is 35.5. The lowest BCUT2D eigenvalue weighted by Crippen LogP contribution is -2.14. The summed E-state index contributed by atoms with van der Waals surface area (Å²) in [5.41, 5.74) is -0.684. The summed E-state index contributed by atoms with van der Waals surface area (Å²) in [6.07, 6.45) is 0. The van der Waals surface area contributed by atoms with Gasteiger partial charge in [0.1, 0.15) is 10.8 Å². The molecule has 0 spiro atoms. The van der Waals surface area contributed by atoms with Gasteiger partial charge in [0, 0.05) is 11.1 Å². The Labute approximate surface area is 128 Å². The Balaban J connectivity index is 2.35. The van der Waals surface area contributed by atoms with E-state index in [1.54, 1.807) is 0 Å². The summed E-state index contributed by atoms with van der Waals surface area (Å²) in [4.78, 5) is 22.1. The van der Waals surface area contributed by atoms with E-state index in [0.717, 1.165) is 6.07 Å². The monoisotopic (exact) mass is 328 g/mol. The standard InChI is InChI=1S/C13H7Cl2FN2O3/c14-7-4-5-9(16)10(6-7)17-13(19)8-2-1-3-11(12(8)15)18(20)21/h1-6H,(H,17,19). The molecule has 21 heavy (non-hydrogen) atoms. The van der Waals surface area contributed by atoms with Crippen LogP contribution in [0.4, 0.5) is 15.8 Å². The number of benzene rings is 2. The molecule has 8 heteroatoms. The average Bonchev–Trinajstić information content (AvgIpc) is 2.42. The molecule has 5 nitrogen and oxygen atoms in total. The van der Waals surface area contributed by atoms with Gasteiger partial charge in [0.05, 0.1) is 16.2 Å². The van der Waals surface area contributed by atoms with E-state index in [0.29, 0.717) is 0 Å². The van der Waals surface area contributed by atoms with Crippen LogP contribution >= 0.6 is 23.2 Å². The minimum Gasteiger partial charge on any atom is -0.319 e. The molecule has 0 atom stereocenters. The number of nitro groups is 1. The summed E-state index contributed by atoms with van der Waals surface area (Å²) in [7, 11) is 0. The molecule has 0 aromatic heterocycles. The van der Waals surface area contributed by atoms with Crippen molar-refractivity contribution >= 4 is 40.5 Å². The average molecular weight is 329 g/mol. The molecule has 2 aromatic carbocycles. The molecule has 0 saturated carbocycles. The zero-order valence-electron chi connectivity index (χ0n) is 10.3. The Bertz CT molecular complexity index is 737. The molecule has 1 N–H and O–H groups in total. The number of hydrogen-bond donors (Lipinski definition) is 1. The van der Waals surface area contributed by atoms with Crippen molar-refractivity contribution in [3.05, 3.63) is 67.9 Å². The maximum Gasteiger partial charge on any atom is 0.288 e. The van der Waals surface area contributed by atoms with E-state index in [4.69, 9.17) is 23.2 Å². The molecule has 0 bridgehead atoms. The number of hydrogen-bond acceptors (Lipinski definition) is 3. The summed E-state index contributed by atoms with van der Waals surface area (Å²) >= 11 is 11.5. The van der Waals surface area contributed by atoms with Crippen LogP contribution < -0.4 is 5.32 Å². The molecule has 0 unspecified atom stereocenters. The maximum atomic E-state index is 13.5. The van der Waals surface area contributed by atoms with Gasteiger partial charge in [0.25, 0.3) is 11.6 Å². The van der Waals surface area contributed by atoms with Gasteiger partial charge in [-0.25, -0.2) is 4.39 Å². The third-order valence-electron chi connectivity index (χ3n) is 2.60. The third kappa shape index (κ3) is 3.29. The molecule has 0 aliphatic heterocycles. The van der Waals surface area contributed by atoms with Crippen LogP contribution in [0.5, 0.6) is 0 Å². The van der Waals surface area contributed by atoms with Crippen LogP contribution in [0.1, 0.15) is 10.4 Å². The highest BCUT2D eigenvalue weighted by Gasteiger charge is 2.20. The number of carbonyl (C=O) groups excluding carboxylic acids is 1. The van der Waals surface area contributed by atoms with Crippen molar-refractivity contribution < 1.29 is 14.1 Å². The van der Waals surface area contributed by atoms with E-state index in [2.05, 4.69) is 5.32 Å². The molecule has 2 rings (SSSR count). The van der Waals surface area contributed by atoms with Crippen LogP contribution in [0.15, 0.2) is 36.4 Å². The number of nitro benzene ring substituents is 1. The first-order valence-electron chi connectivity index (χ1n) is 5.59. The Morgan fingerprint density at radius 3 is 2.62 bits per heavy atom. The van der Waals surface area contributed by atoms with Crippen LogP contribution in [0.2, 0.25) is 10.0 Å². The molecular formula is C13H7Cl2FN2O3. The van der Waals surface area contributed by atoms with Crippen LogP contribution in [0.3, 0.4) is 0 Å². The minimum absolute atomic E-state index is 0.134. The normalized spacial score (nSPS) is 10.2. The van der Waals surface area contributed by atoms with Crippen LogP contribution in [-0.4, -0.2) is 10.8 Å². The molecule has 0 aliphatic rings. The Morgan fingerprint density at radius 1 is 1.24 bits per heavy atom. The highest BCUT2D eigenvalue weighted by Crippen LogP contribution is 2.29. The first-order chi connectivity index (χ1) is 9.90. The molecule has 0 heterocycles. The van der Waals surface area contributed by atoms with Crippen molar-refractivity contribution in [3.63, 3.8) is 0 Å². The second-order valence-corrected chi connectivity index (χ2v) is 4.79. The number of anilines is 1. The van der Waals surface area contributed by atoms with Gasteiger partial charge in [-0.2, -0.15) is 0 Å². The van der Waals surface area contributed by atoms with E-state index in [1.807, 2.05) is 0 Å². The van der Waals surface area contributed by atoms with Gasteiger partial charge in [-0.3, -0.25) is 14.9 Å². The van der Waals surface area contributed by atoms with Crippen molar-refractivity contribution in [1.29, 1.82) is 0 Å². The molecule has 2 aromatic rings. The van der Waals surface area contributed by atoms with E-state index in [-0.39, 0.29) is 21.3 Å². The summed E-state index contributed by atoms with van der Waals surface area (Å²) < 4.78 is 13.5. The van der Waals surface area contributed by atoms with Crippen molar-refractivity contribution in [1.82, 2.24) is 0 Å². The molecular weight excluding hydrogens is 322 g/mol. The van der Waals surface area contributed by atoms with Gasteiger partial charge in [-0.15, -0.1) is 0 Å². The zero-order valence-corrected chi connectivity index (χ0v) is 11.8.